The molecule has 1 atom stereocenters. The molecule has 0 radical (unpaired) electrons. The standard InChI is InChI=1S/C19H21NS/c1-14-7-3-4-8-16(14)11-15(2)20-12-17-13-21-19-10-6-5-9-18(17)19/h3-10,13,15,20H,11-12H2,1-2H3. The van der Waals surface area contributed by atoms with Crippen molar-refractivity contribution in [2.45, 2.75) is 32.9 Å². The first-order chi connectivity index (χ1) is 10.2. The number of thiophene rings is 1. The molecule has 2 heteroatoms. The first-order valence-electron chi connectivity index (χ1n) is 7.47. The van der Waals surface area contributed by atoms with E-state index in [0.717, 1.165) is 13.0 Å². The predicted octanol–water partition coefficient (Wildman–Crippen LogP) is 4.93. The molecule has 108 valence electrons. The van der Waals surface area contributed by atoms with E-state index in [1.165, 1.54) is 26.8 Å². The van der Waals surface area contributed by atoms with Crippen LogP contribution in [0.5, 0.6) is 0 Å². The molecule has 3 aromatic rings. The van der Waals surface area contributed by atoms with E-state index < -0.39 is 0 Å². The normalized spacial score (nSPS) is 12.7. The van der Waals surface area contributed by atoms with E-state index in [1.54, 1.807) is 0 Å². The fraction of sp³-hybridized carbons (Fsp3) is 0.263. The second-order valence-electron chi connectivity index (χ2n) is 5.67. The summed E-state index contributed by atoms with van der Waals surface area (Å²) < 4.78 is 1.38. The van der Waals surface area contributed by atoms with Crippen LogP contribution in [0.25, 0.3) is 10.1 Å². The van der Waals surface area contributed by atoms with Gasteiger partial charge in [0.25, 0.3) is 0 Å². The smallest absolute Gasteiger partial charge is 0.0346 e. The van der Waals surface area contributed by atoms with Crippen LogP contribution in [0.3, 0.4) is 0 Å². The second-order valence-corrected chi connectivity index (χ2v) is 6.58. The molecule has 1 heterocycles. The van der Waals surface area contributed by atoms with Gasteiger partial charge in [0, 0.05) is 17.3 Å². The fourth-order valence-electron chi connectivity index (χ4n) is 2.70. The third-order valence-electron chi connectivity index (χ3n) is 3.99. The van der Waals surface area contributed by atoms with E-state index >= 15 is 0 Å². The molecule has 3 rings (SSSR count). The molecular formula is C19H21NS. The number of nitrogens with one attached hydrogen (secondary N) is 1. The third kappa shape index (κ3) is 3.34. The molecule has 0 aliphatic heterocycles. The summed E-state index contributed by atoms with van der Waals surface area (Å²) in [5.74, 6) is 0. The van der Waals surface area contributed by atoms with E-state index in [1.807, 2.05) is 11.3 Å². The zero-order chi connectivity index (χ0) is 14.7. The van der Waals surface area contributed by atoms with Gasteiger partial charge in [-0.3, -0.25) is 0 Å². The number of aryl methyl sites for hydroxylation is 1. The van der Waals surface area contributed by atoms with Crippen LogP contribution in [-0.2, 0) is 13.0 Å². The van der Waals surface area contributed by atoms with Crippen LogP contribution in [0, 0.1) is 6.92 Å². The zero-order valence-corrected chi connectivity index (χ0v) is 13.4. The van der Waals surface area contributed by atoms with Crippen molar-refractivity contribution < 1.29 is 0 Å². The quantitative estimate of drug-likeness (QED) is 0.703. The van der Waals surface area contributed by atoms with Crippen molar-refractivity contribution in [3.05, 3.63) is 70.6 Å². The highest BCUT2D eigenvalue weighted by atomic mass is 32.1. The second kappa shape index (κ2) is 6.42. The first-order valence-corrected chi connectivity index (χ1v) is 8.35. The van der Waals surface area contributed by atoms with Crippen LogP contribution >= 0.6 is 11.3 Å². The molecule has 0 saturated heterocycles. The Morgan fingerprint density at radius 3 is 2.62 bits per heavy atom. The third-order valence-corrected chi connectivity index (χ3v) is 5.00. The van der Waals surface area contributed by atoms with Gasteiger partial charge in [0.1, 0.15) is 0 Å². The minimum absolute atomic E-state index is 0.477. The lowest BCUT2D eigenvalue weighted by Gasteiger charge is -2.15. The van der Waals surface area contributed by atoms with E-state index in [2.05, 4.69) is 73.1 Å². The summed E-state index contributed by atoms with van der Waals surface area (Å²) in [4.78, 5) is 0. The lowest BCUT2D eigenvalue weighted by atomic mass is 10.0. The van der Waals surface area contributed by atoms with E-state index in [0.29, 0.717) is 6.04 Å². The maximum Gasteiger partial charge on any atom is 0.0346 e. The predicted molar refractivity (Wildman–Crippen MR) is 93.0 cm³/mol. The van der Waals surface area contributed by atoms with Crippen LogP contribution in [0.15, 0.2) is 53.9 Å². The van der Waals surface area contributed by atoms with Crippen molar-refractivity contribution in [1.82, 2.24) is 5.32 Å². The van der Waals surface area contributed by atoms with Gasteiger partial charge < -0.3 is 5.32 Å². The highest BCUT2D eigenvalue weighted by molar-refractivity contribution is 7.17. The molecule has 2 aromatic carbocycles. The molecule has 0 aliphatic rings. The van der Waals surface area contributed by atoms with Crippen LogP contribution in [-0.4, -0.2) is 6.04 Å². The molecule has 21 heavy (non-hydrogen) atoms. The Bertz CT molecular complexity index is 729. The highest BCUT2D eigenvalue weighted by Gasteiger charge is 2.07. The molecular weight excluding hydrogens is 274 g/mol. The number of hydrogen-bond donors (Lipinski definition) is 1. The van der Waals surface area contributed by atoms with Gasteiger partial charge >= 0.3 is 0 Å². The van der Waals surface area contributed by atoms with Crippen LogP contribution < -0.4 is 5.32 Å². The van der Waals surface area contributed by atoms with Gasteiger partial charge in [-0.1, -0.05) is 42.5 Å². The fourth-order valence-corrected chi connectivity index (χ4v) is 3.66. The zero-order valence-electron chi connectivity index (χ0n) is 12.6. The van der Waals surface area contributed by atoms with Crippen molar-refractivity contribution in [2.24, 2.45) is 0 Å². The highest BCUT2D eigenvalue weighted by Crippen LogP contribution is 2.25. The minimum atomic E-state index is 0.477. The van der Waals surface area contributed by atoms with Crippen molar-refractivity contribution in [3.8, 4) is 0 Å². The molecule has 1 unspecified atom stereocenters. The monoisotopic (exact) mass is 295 g/mol. The Labute approximate surface area is 130 Å². The molecule has 0 aliphatic carbocycles. The molecule has 1 aromatic heterocycles. The van der Waals surface area contributed by atoms with E-state index in [-0.39, 0.29) is 0 Å². The van der Waals surface area contributed by atoms with Crippen molar-refractivity contribution in [3.63, 3.8) is 0 Å². The lowest BCUT2D eigenvalue weighted by Crippen LogP contribution is -2.27. The summed E-state index contributed by atoms with van der Waals surface area (Å²) in [6.07, 6.45) is 1.08. The molecule has 1 N–H and O–H groups in total. The Hall–Kier alpha value is -1.64. The number of hydrogen-bond acceptors (Lipinski definition) is 2. The lowest BCUT2D eigenvalue weighted by molar-refractivity contribution is 0.546. The maximum absolute atomic E-state index is 3.66. The van der Waals surface area contributed by atoms with Gasteiger partial charge in [-0.2, -0.15) is 0 Å². The Balaban J connectivity index is 1.63. The summed E-state index contributed by atoms with van der Waals surface area (Å²) in [7, 11) is 0. The van der Waals surface area contributed by atoms with Crippen molar-refractivity contribution in [2.75, 3.05) is 0 Å². The number of benzene rings is 2. The molecule has 1 nitrogen and oxygen atoms in total. The van der Waals surface area contributed by atoms with Gasteiger partial charge in [0.05, 0.1) is 0 Å². The largest absolute Gasteiger partial charge is 0.310 e. The summed E-state index contributed by atoms with van der Waals surface area (Å²) in [5, 5.41) is 7.32. The Morgan fingerprint density at radius 2 is 1.76 bits per heavy atom. The van der Waals surface area contributed by atoms with Crippen LogP contribution in [0.4, 0.5) is 0 Å². The summed E-state index contributed by atoms with van der Waals surface area (Å²) in [6, 6.07) is 17.8. The average molecular weight is 295 g/mol. The molecule has 0 spiro atoms. The van der Waals surface area contributed by atoms with Crippen LogP contribution in [0.2, 0.25) is 0 Å². The minimum Gasteiger partial charge on any atom is -0.310 e. The van der Waals surface area contributed by atoms with E-state index in [9.17, 15) is 0 Å². The number of fused-ring (bicyclic) bond motifs is 1. The summed E-state index contributed by atoms with van der Waals surface area (Å²) in [6.45, 7) is 5.40. The SMILES string of the molecule is Cc1ccccc1CC(C)NCc1csc2ccccc12. The molecule has 0 fully saturated rings. The van der Waals surface area contributed by atoms with Crippen molar-refractivity contribution in [1.29, 1.82) is 0 Å². The van der Waals surface area contributed by atoms with Gasteiger partial charge in [-0.25, -0.2) is 0 Å². The summed E-state index contributed by atoms with van der Waals surface area (Å²) in [5.41, 5.74) is 4.23. The average Bonchev–Trinajstić information content (AvgIpc) is 2.91. The first kappa shape index (κ1) is 14.3. The van der Waals surface area contributed by atoms with Gasteiger partial charge in [-0.15, -0.1) is 11.3 Å². The molecule has 0 saturated carbocycles. The Kier molecular flexibility index (Phi) is 4.37. The molecule has 0 amide bonds. The van der Waals surface area contributed by atoms with Gasteiger partial charge in [-0.05, 0) is 53.8 Å². The van der Waals surface area contributed by atoms with Gasteiger partial charge in [0.15, 0.2) is 0 Å². The van der Waals surface area contributed by atoms with Gasteiger partial charge in [0.2, 0.25) is 0 Å². The van der Waals surface area contributed by atoms with E-state index in [4.69, 9.17) is 0 Å². The van der Waals surface area contributed by atoms with Crippen LogP contribution in [0.1, 0.15) is 23.6 Å². The summed E-state index contributed by atoms with van der Waals surface area (Å²) >= 11 is 1.83. The maximum atomic E-state index is 3.66. The molecule has 0 bridgehead atoms. The topological polar surface area (TPSA) is 12.0 Å². The number of rotatable bonds is 5. The Morgan fingerprint density at radius 1 is 1.00 bits per heavy atom. The van der Waals surface area contributed by atoms with Crippen molar-refractivity contribution >= 4 is 21.4 Å².